The minimum atomic E-state index is -5.39. The Labute approximate surface area is 273 Å². The van der Waals surface area contributed by atoms with Crippen molar-refractivity contribution in [2.45, 2.75) is 38.4 Å². The molecule has 0 amide bonds. The SMILES string of the molecule is CCCCSC(=S)SC(C)(C)C(=O)O.O=P([O-])([O-])[O-].[K+].[K+].[K+]. The number of unbranched alkanes of at least 4 members (excludes halogenated alkanes) is 1. The summed E-state index contributed by atoms with van der Waals surface area (Å²) in [4.78, 5) is 36.4. The largest absolute Gasteiger partial charge is 1.00 e. The van der Waals surface area contributed by atoms with Crippen molar-refractivity contribution < 1.29 is 183 Å². The van der Waals surface area contributed by atoms with Crippen LogP contribution in [0, 0.1) is 0 Å². The standard InChI is InChI=1S/C9H16O2S3.3K.H3O4P/c1-4-5-6-13-8(12)14-9(2,3)7(10)11;;;;1-5(2,3)4/h4-6H2,1-3H3,(H,10,11);;;;(H3,1,2,3,4)/q;3*+1;/p-3. The molecule has 0 aromatic carbocycles. The maximum absolute atomic E-state index is 10.8. The van der Waals surface area contributed by atoms with Crippen LogP contribution in [-0.4, -0.2) is 25.1 Å². The van der Waals surface area contributed by atoms with Gasteiger partial charge in [0.25, 0.3) is 0 Å². The quantitative estimate of drug-likeness (QED) is 0.183. The molecule has 22 heavy (non-hydrogen) atoms. The first-order valence-corrected chi connectivity index (χ1v) is 8.89. The summed E-state index contributed by atoms with van der Waals surface area (Å²) in [5.41, 5.74) is 0. The minimum Gasteiger partial charge on any atom is -0.822 e. The molecule has 13 heteroatoms. The first-order valence-electron chi connectivity index (χ1n) is 5.22. The number of hydrogen-bond acceptors (Lipinski definition) is 8. The van der Waals surface area contributed by atoms with E-state index in [1.54, 1.807) is 25.6 Å². The minimum absolute atomic E-state index is 0. The van der Waals surface area contributed by atoms with Crippen molar-refractivity contribution in [2.24, 2.45) is 0 Å². The number of carbonyl (C=O) groups is 1. The maximum atomic E-state index is 10.8. The molecule has 114 valence electrons. The van der Waals surface area contributed by atoms with Gasteiger partial charge in [-0.15, -0.1) is 11.8 Å². The molecule has 0 aliphatic rings. The number of carboxylic acids is 1. The Morgan fingerprint density at radius 1 is 1.23 bits per heavy atom. The average Bonchev–Trinajstić information content (AvgIpc) is 2.14. The first-order chi connectivity index (χ1) is 8.40. The molecule has 0 heterocycles. The Kier molecular flexibility index (Phi) is 36.2. The van der Waals surface area contributed by atoms with Crippen LogP contribution in [0.25, 0.3) is 0 Å². The predicted octanol–water partition coefficient (Wildman–Crippen LogP) is -8.41. The molecule has 0 unspecified atom stereocenters. The van der Waals surface area contributed by atoms with Crippen LogP contribution in [0.4, 0.5) is 0 Å². The van der Waals surface area contributed by atoms with Crippen molar-refractivity contribution in [1.82, 2.24) is 0 Å². The maximum Gasteiger partial charge on any atom is 1.00 e. The molecule has 0 bridgehead atoms. The Morgan fingerprint density at radius 3 is 1.86 bits per heavy atom. The van der Waals surface area contributed by atoms with Crippen molar-refractivity contribution in [2.75, 3.05) is 5.75 Å². The molecule has 0 aromatic heterocycles. The molecule has 0 spiro atoms. The number of aliphatic carboxylic acids is 1. The van der Waals surface area contributed by atoms with Gasteiger partial charge in [-0.1, -0.05) is 37.3 Å². The third-order valence-corrected chi connectivity index (χ3v) is 4.36. The Morgan fingerprint density at radius 2 is 1.59 bits per heavy atom. The van der Waals surface area contributed by atoms with Crippen molar-refractivity contribution in [3.8, 4) is 0 Å². The summed E-state index contributed by atoms with van der Waals surface area (Å²) in [6.07, 6.45) is 2.27. The van der Waals surface area contributed by atoms with Crippen molar-refractivity contribution in [3.05, 3.63) is 0 Å². The van der Waals surface area contributed by atoms with Crippen molar-refractivity contribution in [3.63, 3.8) is 0 Å². The molecule has 0 saturated heterocycles. The average molecular weight is 465 g/mol. The smallest absolute Gasteiger partial charge is 0.822 e. The van der Waals surface area contributed by atoms with Crippen LogP contribution in [0.15, 0.2) is 0 Å². The van der Waals surface area contributed by atoms with Crippen LogP contribution in [0.1, 0.15) is 33.6 Å². The van der Waals surface area contributed by atoms with Gasteiger partial charge in [0, 0.05) is 0 Å². The van der Waals surface area contributed by atoms with E-state index in [1.807, 2.05) is 0 Å². The Balaban J connectivity index is -0.000000105. The van der Waals surface area contributed by atoms with Gasteiger partial charge in [0.2, 0.25) is 0 Å². The Hall–Kier alpha value is 5.28. The second kappa shape index (κ2) is 21.0. The number of thiocarbonyl (C=S) groups is 1. The van der Waals surface area contributed by atoms with Gasteiger partial charge in [-0.3, -0.25) is 4.79 Å². The second-order valence-corrected chi connectivity index (χ2v) is 8.63. The third kappa shape index (κ3) is 32.9. The van der Waals surface area contributed by atoms with Gasteiger partial charge >= 0.3 is 160 Å². The molecular weight excluding hydrogens is 449 g/mol. The summed E-state index contributed by atoms with van der Waals surface area (Å²) in [6.45, 7) is 5.47. The van der Waals surface area contributed by atoms with Gasteiger partial charge in [-0.25, -0.2) is 0 Å². The molecule has 0 fully saturated rings. The van der Waals surface area contributed by atoms with Crippen LogP contribution in [0.5, 0.6) is 0 Å². The number of rotatable bonds is 5. The molecule has 0 aliphatic heterocycles. The second-order valence-electron chi connectivity index (χ2n) is 3.82. The van der Waals surface area contributed by atoms with Crippen LogP contribution >= 0.6 is 43.6 Å². The van der Waals surface area contributed by atoms with E-state index in [0.717, 1.165) is 22.1 Å². The van der Waals surface area contributed by atoms with Gasteiger partial charge in [0.1, 0.15) is 8.28 Å². The fourth-order valence-corrected chi connectivity index (χ4v) is 3.67. The summed E-state index contributed by atoms with van der Waals surface area (Å²) < 4.78 is 8.47. The molecule has 0 rings (SSSR count). The fraction of sp³-hybridized carbons (Fsp3) is 0.778. The molecular formula is C9H16K3O6PS3. The monoisotopic (exact) mass is 464 g/mol. The van der Waals surface area contributed by atoms with Gasteiger partial charge < -0.3 is 24.4 Å². The number of phosphoric acid groups is 1. The number of thioether (sulfide) groups is 2. The molecule has 0 radical (unpaired) electrons. The third-order valence-electron chi connectivity index (χ3n) is 1.57. The van der Waals surface area contributed by atoms with Crippen LogP contribution < -0.4 is 169 Å². The van der Waals surface area contributed by atoms with Crippen molar-refractivity contribution >= 4 is 53.1 Å². The summed E-state index contributed by atoms with van der Waals surface area (Å²) >= 11 is 7.93. The van der Waals surface area contributed by atoms with Gasteiger partial charge in [-0.05, 0) is 26.0 Å². The zero-order valence-electron chi connectivity index (χ0n) is 13.8. The predicted molar refractivity (Wildman–Crippen MR) is 76.9 cm³/mol. The van der Waals surface area contributed by atoms with E-state index in [0.29, 0.717) is 0 Å². The number of hydrogen-bond donors (Lipinski definition) is 1. The zero-order chi connectivity index (χ0) is 15.7. The summed E-state index contributed by atoms with van der Waals surface area (Å²) in [6, 6.07) is 0. The van der Waals surface area contributed by atoms with Crippen LogP contribution in [-0.2, 0) is 9.36 Å². The molecule has 6 nitrogen and oxygen atoms in total. The topological polar surface area (TPSA) is 124 Å². The normalized spacial score (nSPS) is 9.91. The summed E-state index contributed by atoms with van der Waals surface area (Å²) in [7, 11) is -5.39. The molecule has 0 aromatic rings. The van der Waals surface area contributed by atoms with Gasteiger partial charge in [0.15, 0.2) is 0 Å². The first kappa shape index (κ1) is 38.0. The van der Waals surface area contributed by atoms with Crippen molar-refractivity contribution in [1.29, 1.82) is 0 Å². The van der Waals surface area contributed by atoms with E-state index in [1.165, 1.54) is 11.8 Å². The van der Waals surface area contributed by atoms with Gasteiger partial charge in [0.05, 0.1) is 0 Å². The summed E-state index contributed by atoms with van der Waals surface area (Å²) in [5.74, 6) is 0.166. The van der Waals surface area contributed by atoms with E-state index in [2.05, 4.69) is 6.92 Å². The van der Waals surface area contributed by atoms with Gasteiger partial charge in [-0.2, -0.15) is 7.82 Å². The zero-order valence-corrected chi connectivity index (χ0v) is 26.5. The van der Waals surface area contributed by atoms with Crippen LogP contribution in [0.3, 0.4) is 0 Å². The fourth-order valence-electron chi connectivity index (χ4n) is 0.581. The number of carboxylic acid groups (broad SMARTS) is 1. The van der Waals surface area contributed by atoms with Crippen LogP contribution in [0.2, 0.25) is 0 Å². The molecule has 0 saturated carbocycles. The molecule has 1 N–H and O–H groups in total. The van der Waals surface area contributed by atoms with E-state index >= 15 is 0 Å². The molecule has 0 atom stereocenters. The van der Waals surface area contributed by atoms with E-state index < -0.39 is 18.5 Å². The Bertz CT molecular complexity index is 345. The summed E-state index contributed by atoms with van der Waals surface area (Å²) in [5, 5.41) is 8.87. The van der Waals surface area contributed by atoms with E-state index in [9.17, 15) is 4.79 Å². The van der Waals surface area contributed by atoms with E-state index in [-0.39, 0.29) is 154 Å². The molecule has 0 aliphatic carbocycles. The van der Waals surface area contributed by atoms with E-state index in [4.69, 9.17) is 36.6 Å².